The number of amides is 2. The van der Waals surface area contributed by atoms with Crippen LogP contribution in [0, 0.1) is 0 Å². The molecule has 2 amide bonds. The van der Waals surface area contributed by atoms with Crippen molar-refractivity contribution < 1.29 is 14.3 Å². The predicted molar refractivity (Wildman–Crippen MR) is 78.2 cm³/mol. The van der Waals surface area contributed by atoms with Gasteiger partial charge in [0.05, 0.1) is 0 Å². The van der Waals surface area contributed by atoms with Crippen LogP contribution >= 0.6 is 0 Å². The largest absolute Gasteiger partial charge is 0.448 e. The van der Waals surface area contributed by atoms with E-state index in [0.29, 0.717) is 12.2 Å². The van der Waals surface area contributed by atoms with Crippen LogP contribution in [0.25, 0.3) is 0 Å². The molecule has 2 rings (SSSR count). The summed E-state index contributed by atoms with van der Waals surface area (Å²) in [6.07, 6.45) is 0.602. The Bertz CT molecular complexity index is 530. The fraction of sp³-hybridized carbons (Fsp3) is 0.286. The number of anilines is 1. The lowest BCUT2D eigenvalue weighted by molar-refractivity contribution is -0.118. The number of ether oxygens (including phenoxy) is 1. The lowest BCUT2D eigenvalue weighted by Crippen LogP contribution is -2.57. The molecule has 0 saturated carbocycles. The molecule has 1 unspecified atom stereocenters. The van der Waals surface area contributed by atoms with E-state index >= 15 is 0 Å². The van der Waals surface area contributed by atoms with E-state index in [1.54, 1.807) is 19.1 Å². The lowest BCUT2D eigenvalue weighted by Gasteiger charge is -2.25. The van der Waals surface area contributed by atoms with Gasteiger partial charge in [0, 0.05) is 24.0 Å². The first-order valence-corrected chi connectivity index (χ1v) is 6.61. The summed E-state index contributed by atoms with van der Waals surface area (Å²) >= 11 is 0. The van der Waals surface area contributed by atoms with Crippen LogP contribution in [0.2, 0.25) is 0 Å². The van der Waals surface area contributed by atoms with E-state index in [0.717, 1.165) is 5.70 Å². The fourth-order valence-electron chi connectivity index (χ4n) is 1.81. The molecule has 7 nitrogen and oxygen atoms in total. The van der Waals surface area contributed by atoms with Crippen molar-refractivity contribution in [3.63, 3.8) is 0 Å². The van der Waals surface area contributed by atoms with E-state index in [1.807, 2.05) is 18.2 Å². The van der Waals surface area contributed by atoms with E-state index in [1.165, 1.54) is 6.08 Å². The highest BCUT2D eigenvalue weighted by Crippen LogP contribution is 2.04. The molecule has 1 heterocycles. The molecule has 21 heavy (non-hydrogen) atoms. The Morgan fingerprint density at radius 2 is 2.05 bits per heavy atom. The first-order chi connectivity index (χ1) is 10.1. The van der Waals surface area contributed by atoms with Crippen molar-refractivity contribution in [3.05, 3.63) is 42.1 Å². The first kappa shape index (κ1) is 14.9. The van der Waals surface area contributed by atoms with Gasteiger partial charge in [-0.15, -0.1) is 0 Å². The molecule has 0 bridgehead atoms. The molecular formula is C14H18N4O3. The van der Waals surface area contributed by atoms with Crippen LogP contribution in [-0.4, -0.2) is 31.4 Å². The zero-order chi connectivity index (χ0) is 15.1. The molecule has 0 aliphatic carbocycles. The Balaban J connectivity index is 1.63. The maximum Gasteiger partial charge on any atom is 0.411 e. The standard InChI is InChI=1S/C14H18N4O3/c1-10-9-12(19)18-13(16-10)15-7-8-21-14(20)17-11-5-3-2-4-6-11/h2-6,9,13,15-16H,7-8H2,1H3,(H,17,20)(H,18,19). The second kappa shape index (κ2) is 7.30. The van der Waals surface area contributed by atoms with Crippen LogP contribution in [0.15, 0.2) is 42.1 Å². The van der Waals surface area contributed by atoms with Gasteiger partial charge in [-0.05, 0) is 19.1 Å². The summed E-state index contributed by atoms with van der Waals surface area (Å²) < 4.78 is 5.02. The number of rotatable bonds is 5. The highest BCUT2D eigenvalue weighted by molar-refractivity contribution is 5.89. The maximum atomic E-state index is 11.5. The second-order valence-corrected chi connectivity index (χ2v) is 4.49. The molecule has 1 aromatic carbocycles. The molecule has 1 atom stereocenters. The van der Waals surface area contributed by atoms with E-state index < -0.39 is 6.09 Å². The minimum absolute atomic E-state index is 0.161. The summed E-state index contributed by atoms with van der Waals surface area (Å²) in [6, 6.07) is 9.06. The minimum Gasteiger partial charge on any atom is -0.448 e. The third kappa shape index (κ3) is 5.15. The number of hydrogen-bond donors (Lipinski definition) is 4. The van der Waals surface area contributed by atoms with Gasteiger partial charge in [-0.25, -0.2) is 4.79 Å². The van der Waals surface area contributed by atoms with Gasteiger partial charge >= 0.3 is 6.09 Å². The molecule has 0 spiro atoms. The predicted octanol–water partition coefficient (Wildman–Crippen LogP) is 0.731. The number of carbonyl (C=O) groups excluding carboxylic acids is 2. The SMILES string of the molecule is CC1=CC(=O)NC(NCCOC(=O)Nc2ccccc2)N1. The van der Waals surface area contributed by atoms with Gasteiger partial charge in [-0.3, -0.25) is 15.4 Å². The van der Waals surface area contributed by atoms with E-state index in [9.17, 15) is 9.59 Å². The summed E-state index contributed by atoms with van der Waals surface area (Å²) in [5, 5.41) is 11.3. The molecule has 4 N–H and O–H groups in total. The van der Waals surface area contributed by atoms with Gasteiger partial charge in [0.25, 0.3) is 0 Å². The number of nitrogens with one attached hydrogen (secondary N) is 4. The molecule has 0 radical (unpaired) electrons. The van der Waals surface area contributed by atoms with Crippen molar-refractivity contribution in [1.29, 1.82) is 0 Å². The van der Waals surface area contributed by atoms with Crippen molar-refractivity contribution >= 4 is 17.7 Å². The molecule has 0 saturated heterocycles. The summed E-state index contributed by atoms with van der Waals surface area (Å²) in [5.74, 6) is -0.161. The van der Waals surface area contributed by atoms with Crippen molar-refractivity contribution in [2.75, 3.05) is 18.5 Å². The minimum atomic E-state index is -0.514. The van der Waals surface area contributed by atoms with Crippen LogP contribution in [0.5, 0.6) is 0 Å². The first-order valence-electron chi connectivity index (χ1n) is 6.61. The number of allylic oxidation sites excluding steroid dienone is 1. The van der Waals surface area contributed by atoms with Gasteiger partial charge in [-0.1, -0.05) is 18.2 Å². The topological polar surface area (TPSA) is 91.5 Å². The van der Waals surface area contributed by atoms with Crippen LogP contribution in [0.4, 0.5) is 10.5 Å². The molecular weight excluding hydrogens is 272 g/mol. The van der Waals surface area contributed by atoms with Gasteiger partial charge < -0.3 is 15.4 Å². The summed E-state index contributed by atoms with van der Waals surface area (Å²) in [5.41, 5.74) is 1.46. The number of benzene rings is 1. The van der Waals surface area contributed by atoms with E-state index in [-0.39, 0.29) is 18.8 Å². The molecule has 1 aromatic rings. The van der Waals surface area contributed by atoms with Crippen molar-refractivity contribution in [1.82, 2.24) is 16.0 Å². The number of para-hydroxylation sites is 1. The Morgan fingerprint density at radius 1 is 1.29 bits per heavy atom. The summed E-state index contributed by atoms with van der Waals surface area (Å²) in [6.45, 7) is 2.40. The summed E-state index contributed by atoms with van der Waals surface area (Å²) in [4.78, 5) is 22.8. The van der Waals surface area contributed by atoms with Crippen LogP contribution in [-0.2, 0) is 9.53 Å². The molecule has 1 aliphatic heterocycles. The monoisotopic (exact) mass is 290 g/mol. The zero-order valence-corrected chi connectivity index (χ0v) is 11.7. The third-order valence-corrected chi connectivity index (χ3v) is 2.71. The third-order valence-electron chi connectivity index (χ3n) is 2.71. The molecule has 1 aliphatic rings. The highest BCUT2D eigenvalue weighted by Gasteiger charge is 2.15. The fourth-order valence-corrected chi connectivity index (χ4v) is 1.81. The van der Waals surface area contributed by atoms with Gasteiger partial charge in [0.15, 0.2) is 6.29 Å². The van der Waals surface area contributed by atoms with Gasteiger partial charge in [-0.2, -0.15) is 0 Å². The van der Waals surface area contributed by atoms with Crippen molar-refractivity contribution in [2.45, 2.75) is 13.2 Å². The Kier molecular flexibility index (Phi) is 5.16. The van der Waals surface area contributed by atoms with Crippen LogP contribution in [0.3, 0.4) is 0 Å². The Labute approximate surface area is 122 Å². The van der Waals surface area contributed by atoms with Gasteiger partial charge in [0.2, 0.25) is 5.91 Å². The van der Waals surface area contributed by atoms with Crippen LogP contribution in [0.1, 0.15) is 6.92 Å². The smallest absolute Gasteiger partial charge is 0.411 e. The average Bonchev–Trinajstić information content (AvgIpc) is 2.44. The van der Waals surface area contributed by atoms with E-state index in [4.69, 9.17) is 4.74 Å². The van der Waals surface area contributed by atoms with Gasteiger partial charge in [0.1, 0.15) is 6.61 Å². The quantitative estimate of drug-likeness (QED) is 0.600. The zero-order valence-electron chi connectivity index (χ0n) is 11.7. The van der Waals surface area contributed by atoms with Crippen molar-refractivity contribution in [2.24, 2.45) is 0 Å². The molecule has 0 aromatic heterocycles. The maximum absolute atomic E-state index is 11.5. The number of hydrogen-bond acceptors (Lipinski definition) is 5. The Hall–Kier alpha value is -2.54. The normalized spacial score (nSPS) is 17.3. The highest BCUT2D eigenvalue weighted by atomic mass is 16.5. The Morgan fingerprint density at radius 3 is 2.76 bits per heavy atom. The summed E-state index contributed by atoms with van der Waals surface area (Å²) in [7, 11) is 0. The molecule has 0 fully saturated rings. The average molecular weight is 290 g/mol. The molecule has 112 valence electrons. The van der Waals surface area contributed by atoms with Crippen LogP contribution < -0.4 is 21.3 Å². The second-order valence-electron chi connectivity index (χ2n) is 4.49. The van der Waals surface area contributed by atoms with E-state index in [2.05, 4.69) is 21.3 Å². The molecule has 7 heteroatoms. The number of carbonyl (C=O) groups is 2. The lowest BCUT2D eigenvalue weighted by atomic mass is 10.3. The van der Waals surface area contributed by atoms with Crippen molar-refractivity contribution in [3.8, 4) is 0 Å².